The summed E-state index contributed by atoms with van der Waals surface area (Å²) in [7, 11) is 4.08. The molecule has 146 valence electrons. The largest absolute Gasteiger partial charge is 0.489 e. The summed E-state index contributed by atoms with van der Waals surface area (Å²) in [6, 6.07) is 19.9. The van der Waals surface area contributed by atoms with Gasteiger partial charge in [-0.15, -0.1) is 0 Å². The van der Waals surface area contributed by atoms with E-state index in [0.717, 1.165) is 41.6 Å². The first-order valence-corrected chi connectivity index (χ1v) is 9.36. The van der Waals surface area contributed by atoms with Gasteiger partial charge in [0.15, 0.2) is 0 Å². The van der Waals surface area contributed by atoms with E-state index in [1.807, 2.05) is 69.6 Å². The molecule has 0 spiro atoms. The second-order valence-electron chi connectivity index (χ2n) is 6.87. The third-order valence-electron chi connectivity index (χ3n) is 4.07. The summed E-state index contributed by atoms with van der Waals surface area (Å²) >= 11 is 0. The normalized spacial score (nSPS) is 10.7. The molecule has 2 N–H and O–H groups in total. The number of hydrogen-bond donors (Lipinski definition) is 2. The minimum atomic E-state index is 0.556. The van der Waals surface area contributed by atoms with Crippen LogP contribution in [-0.4, -0.2) is 42.1 Å². The van der Waals surface area contributed by atoms with Gasteiger partial charge in [-0.1, -0.05) is 30.3 Å². The number of nitrogens with zero attached hydrogens (tertiary/aromatic N) is 3. The van der Waals surface area contributed by atoms with Crippen molar-refractivity contribution >= 4 is 17.5 Å². The Morgan fingerprint density at radius 2 is 1.71 bits per heavy atom. The molecule has 28 heavy (non-hydrogen) atoms. The van der Waals surface area contributed by atoms with Gasteiger partial charge in [0.2, 0.25) is 5.95 Å². The Bertz CT molecular complexity index is 866. The summed E-state index contributed by atoms with van der Waals surface area (Å²) in [5, 5.41) is 6.59. The van der Waals surface area contributed by atoms with E-state index >= 15 is 0 Å². The summed E-state index contributed by atoms with van der Waals surface area (Å²) in [6.07, 6.45) is 0. The van der Waals surface area contributed by atoms with Crippen LogP contribution in [0.3, 0.4) is 0 Å². The van der Waals surface area contributed by atoms with Crippen molar-refractivity contribution in [3.05, 3.63) is 71.9 Å². The smallest absolute Gasteiger partial charge is 0.224 e. The number of aryl methyl sites for hydroxylation is 1. The molecule has 0 aliphatic heterocycles. The van der Waals surface area contributed by atoms with Crippen LogP contribution in [0.15, 0.2) is 60.7 Å². The first kappa shape index (κ1) is 19.6. The van der Waals surface area contributed by atoms with Crippen molar-refractivity contribution in [1.82, 2.24) is 14.9 Å². The summed E-state index contributed by atoms with van der Waals surface area (Å²) in [5.41, 5.74) is 3.01. The molecule has 0 aliphatic rings. The molecule has 0 saturated heterocycles. The van der Waals surface area contributed by atoms with E-state index in [2.05, 4.69) is 37.6 Å². The van der Waals surface area contributed by atoms with E-state index in [1.54, 1.807) is 0 Å². The van der Waals surface area contributed by atoms with Gasteiger partial charge >= 0.3 is 0 Å². The molecule has 0 fully saturated rings. The molecule has 0 radical (unpaired) electrons. The molecule has 6 nitrogen and oxygen atoms in total. The highest BCUT2D eigenvalue weighted by Crippen LogP contribution is 2.21. The third-order valence-corrected chi connectivity index (χ3v) is 4.07. The first-order valence-electron chi connectivity index (χ1n) is 9.36. The number of anilines is 3. The Balaban J connectivity index is 1.58. The van der Waals surface area contributed by atoms with Crippen molar-refractivity contribution < 1.29 is 4.74 Å². The van der Waals surface area contributed by atoms with Crippen LogP contribution in [0.2, 0.25) is 0 Å². The molecule has 1 aromatic heterocycles. The van der Waals surface area contributed by atoms with Crippen LogP contribution >= 0.6 is 0 Å². The molecule has 3 aromatic rings. The highest BCUT2D eigenvalue weighted by molar-refractivity contribution is 5.58. The maximum absolute atomic E-state index is 5.83. The summed E-state index contributed by atoms with van der Waals surface area (Å²) < 4.78 is 5.83. The van der Waals surface area contributed by atoms with E-state index < -0.39 is 0 Å². The van der Waals surface area contributed by atoms with Gasteiger partial charge in [-0.2, -0.15) is 4.98 Å². The Morgan fingerprint density at radius 1 is 0.964 bits per heavy atom. The highest BCUT2D eigenvalue weighted by Gasteiger charge is 2.04. The zero-order valence-corrected chi connectivity index (χ0v) is 16.6. The SMILES string of the molecule is Cc1cc(Nc2ccc(OCc3ccccc3)cc2)nc(NCCN(C)C)n1. The number of benzene rings is 2. The third kappa shape index (κ3) is 6.25. The van der Waals surface area contributed by atoms with Gasteiger partial charge in [-0.3, -0.25) is 0 Å². The second kappa shape index (κ2) is 9.71. The molecule has 0 unspecified atom stereocenters. The van der Waals surface area contributed by atoms with E-state index in [4.69, 9.17) is 4.74 Å². The first-order chi connectivity index (χ1) is 13.6. The fraction of sp³-hybridized carbons (Fsp3) is 0.273. The van der Waals surface area contributed by atoms with Crippen LogP contribution in [0.4, 0.5) is 17.5 Å². The fourth-order valence-electron chi connectivity index (χ4n) is 2.63. The lowest BCUT2D eigenvalue weighted by molar-refractivity contribution is 0.306. The van der Waals surface area contributed by atoms with E-state index in [-0.39, 0.29) is 0 Å². The molecule has 0 aliphatic carbocycles. The standard InChI is InChI=1S/C22H27N5O/c1-17-15-21(26-22(24-17)23-13-14-27(2)3)25-19-9-11-20(12-10-19)28-16-18-7-5-4-6-8-18/h4-12,15H,13-14,16H2,1-3H3,(H2,23,24,25,26). The number of rotatable bonds is 9. The van der Waals surface area contributed by atoms with Gasteiger partial charge in [0.25, 0.3) is 0 Å². The number of hydrogen-bond acceptors (Lipinski definition) is 6. The second-order valence-corrected chi connectivity index (χ2v) is 6.87. The molecule has 0 bridgehead atoms. The van der Waals surface area contributed by atoms with Crippen molar-refractivity contribution in [3.63, 3.8) is 0 Å². The Morgan fingerprint density at radius 3 is 2.43 bits per heavy atom. The molecule has 0 atom stereocenters. The van der Waals surface area contributed by atoms with Crippen LogP contribution in [0, 0.1) is 6.92 Å². The topological polar surface area (TPSA) is 62.3 Å². The van der Waals surface area contributed by atoms with Gasteiger partial charge in [0.1, 0.15) is 18.2 Å². The Labute approximate surface area is 166 Å². The highest BCUT2D eigenvalue weighted by atomic mass is 16.5. The van der Waals surface area contributed by atoms with Crippen molar-refractivity contribution in [2.75, 3.05) is 37.8 Å². The predicted molar refractivity (Wildman–Crippen MR) is 114 cm³/mol. The van der Waals surface area contributed by atoms with Crippen LogP contribution in [0.1, 0.15) is 11.3 Å². The van der Waals surface area contributed by atoms with Gasteiger partial charge in [0, 0.05) is 30.5 Å². The van der Waals surface area contributed by atoms with Crippen LogP contribution in [0.5, 0.6) is 5.75 Å². The maximum atomic E-state index is 5.83. The van der Waals surface area contributed by atoms with Crippen LogP contribution in [0.25, 0.3) is 0 Å². The molecular weight excluding hydrogens is 350 g/mol. The lowest BCUT2D eigenvalue weighted by Crippen LogP contribution is -2.21. The molecule has 6 heteroatoms. The van der Waals surface area contributed by atoms with Gasteiger partial charge < -0.3 is 20.3 Å². The minimum Gasteiger partial charge on any atom is -0.489 e. The van der Waals surface area contributed by atoms with E-state index in [1.165, 1.54) is 0 Å². The lowest BCUT2D eigenvalue weighted by atomic mass is 10.2. The Kier molecular flexibility index (Phi) is 6.81. The average Bonchev–Trinajstić information content (AvgIpc) is 2.67. The zero-order valence-electron chi connectivity index (χ0n) is 16.6. The number of nitrogens with one attached hydrogen (secondary N) is 2. The number of likely N-dealkylation sites (N-methyl/N-ethyl adjacent to an activating group) is 1. The summed E-state index contributed by atoms with van der Waals surface area (Å²) in [4.78, 5) is 11.1. The maximum Gasteiger partial charge on any atom is 0.224 e. The zero-order chi connectivity index (χ0) is 19.8. The number of aromatic nitrogens is 2. The van der Waals surface area contributed by atoms with Crippen molar-refractivity contribution in [2.24, 2.45) is 0 Å². The molecule has 3 rings (SSSR count). The minimum absolute atomic E-state index is 0.556. The van der Waals surface area contributed by atoms with Crippen molar-refractivity contribution in [1.29, 1.82) is 0 Å². The van der Waals surface area contributed by atoms with Gasteiger partial charge in [-0.25, -0.2) is 4.98 Å². The van der Waals surface area contributed by atoms with Crippen molar-refractivity contribution in [3.8, 4) is 5.75 Å². The number of ether oxygens (including phenoxy) is 1. The summed E-state index contributed by atoms with van der Waals surface area (Å²) in [6.45, 7) is 4.24. The Hall–Kier alpha value is -3.12. The molecule has 1 heterocycles. The molecule has 0 saturated carbocycles. The van der Waals surface area contributed by atoms with E-state index in [9.17, 15) is 0 Å². The van der Waals surface area contributed by atoms with Gasteiger partial charge in [-0.05, 0) is 50.8 Å². The molecule has 2 aromatic carbocycles. The quantitative estimate of drug-likeness (QED) is 0.586. The van der Waals surface area contributed by atoms with Crippen LogP contribution < -0.4 is 15.4 Å². The fourth-order valence-corrected chi connectivity index (χ4v) is 2.63. The monoisotopic (exact) mass is 377 g/mol. The molecule has 0 amide bonds. The van der Waals surface area contributed by atoms with Gasteiger partial charge in [0.05, 0.1) is 0 Å². The summed E-state index contributed by atoms with van der Waals surface area (Å²) in [5.74, 6) is 2.23. The molecular formula is C22H27N5O. The lowest BCUT2D eigenvalue weighted by Gasteiger charge is -2.12. The van der Waals surface area contributed by atoms with E-state index in [0.29, 0.717) is 12.6 Å². The van der Waals surface area contributed by atoms with Crippen molar-refractivity contribution in [2.45, 2.75) is 13.5 Å². The predicted octanol–water partition coefficient (Wildman–Crippen LogP) is 4.08. The van der Waals surface area contributed by atoms with Crippen LogP contribution in [-0.2, 0) is 6.61 Å². The average molecular weight is 377 g/mol.